The van der Waals surface area contributed by atoms with Crippen LogP contribution in [0.15, 0.2) is 35.3 Å². The number of methoxy groups -OCH3 is 1. The second kappa shape index (κ2) is 10.1. The van der Waals surface area contributed by atoms with Crippen LogP contribution in [-0.4, -0.2) is 78.1 Å². The minimum Gasteiger partial charge on any atom is -0.492 e. The first kappa shape index (κ1) is 27.5. The highest BCUT2D eigenvalue weighted by Gasteiger charge is 2.42. The van der Waals surface area contributed by atoms with Crippen LogP contribution in [0, 0.1) is 17.6 Å². The van der Waals surface area contributed by atoms with Crippen LogP contribution in [0.2, 0.25) is 0 Å². The average molecular weight is 593 g/mol. The number of fused-ring (bicyclic) bond motifs is 3. The summed E-state index contributed by atoms with van der Waals surface area (Å²) in [5.41, 5.74) is -0.0136. The number of likely N-dealkylation sites (tertiary alicyclic amines) is 1. The molecule has 3 aliphatic heterocycles. The van der Waals surface area contributed by atoms with Crippen LogP contribution in [0.5, 0.6) is 5.75 Å². The number of carboxylic acid groups (broad SMARTS) is 1. The predicted octanol–water partition coefficient (Wildman–Crippen LogP) is 3.45. The number of benzene rings is 2. The summed E-state index contributed by atoms with van der Waals surface area (Å²) in [7, 11) is 1.43. The molecular weight excluding hydrogens is 562 g/mol. The number of nitrogens with zero attached hydrogens (tertiary/aromatic N) is 4. The lowest BCUT2D eigenvalue weighted by molar-refractivity contribution is -0.114. The van der Waals surface area contributed by atoms with Crippen molar-refractivity contribution in [1.29, 1.82) is 0 Å². The molecule has 1 aliphatic carbocycles. The first-order valence-electron chi connectivity index (χ1n) is 14.5. The molecule has 2 aromatic carbocycles. The Kier molecular flexibility index (Phi) is 6.49. The van der Waals surface area contributed by atoms with E-state index in [-0.39, 0.29) is 46.9 Å². The highest BCUT2D eigenvalue weighted by Crippen LogP contribution is 2.45. The van der Waals surface area contributed by atoms with Gasteiger partial charge in [0.05, 0.1) is 29.3 Å². The summed E-state index contributed by atoms with van der Waals surface area (Å²) in [5.74, 6) is -3.53. The van der Waals surface area contributed by atoms with Gasteiger partial charge in [0.15, 0.2) is 11.6 Å². The fourth-order valence-corrected chi connectivity index (χ4v) is 7.18. The van der Waals surface area contributed by atoms with Gasteiger partial charge in [-0.1, -0.05) is 0 Å². The van der Waals surface area contributed by atoms with Crippen LogP contribution < -0.4 is 20.0 Å². The van der Waals surface area contributed by atoms with E-state index in [0.717, 1.165) is 44.4 Å². The van der Waals surface area contributed by atoms with Crippen LogP contribution in [-0.2, 0) is 4.79 Å². The second-order valence-electron chi connectivity index (χ2n) is 11.8. The summed E-state index contributed by atoms with van der Waals surface area (Å²) in [6, 6.07) is 4.98. The van der Waals surface area contributed by atoms with Gasteiger partial charge < -0.3 is 24.2 Å². The van der Waals surface area contributed by atoms with Gasteiger partial charge in [-0.2, -0.15) is 0 Å². The molecule has 0 unspecified atom stereocenters. The molecule has 1 amide bonds. The number of amides is 1. The Bertz CT molecular complexity index is 1770. The Hall–Kier alpha value is -4.32. The Balaban J connectivity index is 1.19. The molecule has 43 heavy (non-hydrogen) atoms. The number of carbonyl (C=O) groups is 3. The van der Waals surface area contributed by atoms with Gasteiger partial charge >= 0.3 is 5.97 Å². The molecule has 1 N–H and O–H groups in total. The quantitative estimate of drug-likeness (QED) is 0.416. The van der Waals surface area contributed by atoms with E-state index in [1.165, 1.54) is 30.3 Å². The Morgan fingerprint density at radius 1 is 1.07 bits per heavy atom. The number of Topliss-reactive ketones (excluding diaryl/α,β-unsaturated/α-hetero) is 1. The number of carbonyl (C=O) groups excluding carboxylic acids is 2. The van der Waals surface area contributed by atoms with Crippen molar-refractivity contribution in [2.45, 2.75) is 37.8 Å². The van der Waals surface area contributed by atoms with Gasteiger partial charge in [-0.3, -0.25) is 19.3 Å². The Morgan fingerprint density at radius 2 is 1.86 bits per heavy atom. The highest BCUT2D eigenvalue weighted by atomic mass is 19.1. The molecule has 1 saturated carbocycles. The van der Waals surface area contributed by atoms with Crippen molar-refractivity contribution in [3.05, 3.63) is 63.4 Å². The van der Waals surface area contributed by atoms with Gasteiger partial charge in [-0.25, -0.2) is 13.6 Å². The molecule has 10 nitrogen and oxygen atoms in total. The van der Waals surface area contributed by atoms with E-state index < -0.39 is 40.3 Å². The zero-order valence-corrected chi connectivity index (χ0v) is 23.5. The first-order chi connectivity index (χ1) is 20.7. The summed E-state index contributed by atoms with van der Waals surface area (Å²) >= 11 is 0. The normalized spacial score (nSPS) is 21.9. The number of pyridine rings is 1. The number of aromatic nitrogens is 1. The fourth-order valence-electron chi connectivity index (χ4n) is 7.18. The third-order valence-electron chi connectivity index (χ3n) is 9.33. The lowest BCUT2D eigenvalue weighted by Crippen LogP contribution is -2.48. The molecule has 4 heterocycles. The van der Waals surface area contributed by atoms with Crippen LogP contribution >= 0.6 is 0 Å². The molecule has 1 aromatic heterocycles. The van der Waals surface area contributed by atoms with E-state index in [1.54, 1.807) is 4.57 Å². The molecule has 3 fully saturated rings. The topological polar surface area (TPSA) is 112 Å². The van der Waals surface area contributed by atoms with Crippen molar-refractivity contribution in [2.75, 3.05) is 49.6 Å². The Morgan fingerprint density at radius 3 is 2.58 bits per heavy atom. The van der Waals surface area contributed by atoms with Crippen molar-refractivity contribution in [1.82, 2.24) is 9.47 Å². The van der Waals surface area contributed by atoms with Gasteiger partial charge in [0, 0.05) is 44.5 Å². The van der Waals surface area contributed by atoms with Crippen molar-refractivity contribution in [3.63, 3.8) is 0 Å². The number of halogens is 2. The number of rotatable bonds is 7. The zero-order chi connectivity index (χ0) is 30.2. The molecule has 2 saturated heterocycles. The molecule has 0 spiro atoms. The van der Waals surface area contributed by atoms with Gasteiger partial charge in [-0.05, 0) is 62.4 Å². The van der Waals surface area contributed by atoms with Gasteiger partial charge in [0.2, 0.25) is 5.43 Å². The number of anilines is 2. The van der Waals surface area contributed by atoms with E-state index in [4.69, 9.17) is 4.74 Å². The standard InChI is InChI=1S/C31H30F2N4O6/c1-43-29-25-20(27(38)21(31(41)42)14-37(25)18-5-6-18)12-22(33)26(29)35-13-16-3-2-8-34(24(16)15-35)9-10-36-23-7-4-17(32)11-19(23)28(39)30(36)40/h4,7,11-12,14,16,18,24H,2-3,5-6,8-10,13,15H2,1H3,(H,41,42)/t16-,24+/m0/s1. The summed E-state index contributed by atoms with van der Waals surface area (Å²) < 4.78 is 37.2. The molecule has 0 radical (unpaired) electrons. The minimum absolute atomic E-state index is 0.00636. The number of ketones is 1. The van der Waals surface area contributed by atoms with Crippen molar-refractivity contribution >= 4 is 39.9 Å². The lowest BCUT2D eigenvalue weighted by atomic mass is 9.92. The number of ether oxygens (including phenoxy) is 1. The molecule has 224 valence electrons. The minimum atomic E-state index is -1.36. The van der Waals surface area contributed by atoms with Gasteiger partial charge in [0.25, 0.3) is 11.7 Å². The molecule has 12 heteroatoms. The number of hydrogen-bond donors (Lipinski definition) is 1. The SMILES string of the molecule is COc1c(N2C[C@@H]3CCCN(CCN4C(=O)C(=O)c5cc(F)ccc54)[C@@H]3C2)c(F)cc2c(=O)c(C(=O)O)cn(C3CC3)c12. The maximum atomic E-state index is 15.9. The molecule has 3 aromatic rings. The number of piperidine rings is 1. The molecule has 7 rings (SSSR count). The third-order valence-corrected chi connectivity index (χ3v) is 9.33. The molecule has 0 bridgehead atoms. The lowest BCUT2D eigenvalue weighted by Gasteiger charge is -2.37. The van der Waals surface area contributed by atoms with Gasteiger partial charge in [-0.15, -0.1) is 0 Å². The van der Waals surface area contributed by atoms with Crippen LogP contribution in [0.4, 0.5) is 20.2 Å². The summed E-state index contributed by atoms with van der Waals surface area (Å²) in [5, 5.41) is 9.59. The van der Waals surface area contributed by atoms with Crippen molar-refractivity contribution < 1.29 is 33.0 Å². The zero-order valence-electron chi connectivity index (χ0n) is 23.5. The van der Waals surface area contributed by atoms with E-state index in [1.807, 2.05) is 4.90 Å². The summed E-state index contributed by atoms with van der Waals surface area (Å²) in [4.78, 5) is 55.6. The van der Waals surface area contributed by atoms with Crippen LogP contribution in [0.1, 0.15) is 52.4 Å². The van der Waals surface area contributed by atoms with Crippen LogP contribution in [0.25, 0.3) is 10.9 Å². The largest absolute Gasteiger partial charge is 0.492 e. The maximum Gasteiger partial charge on any atom is 0.341 e. The number of hydrogen-bond acceptors (Lipinski definition) is 7. The summed E-state index contributed by atoms with van der Waals surface area (Å²) in [6.45, 7) is 2.57. The highest BCUT2D eigenvalue weighted by molar-refractivity contribution is 6.52. The molecular formula is C31H30F2N4O6. The van der Waals surface area contributed by atoms with Crippen molar-refractivity contribution in [3.8, 4) is 5.75 Å². The number of carboxylic acids is 1. The van der Waals surface area contributed by atoms with Crippen molar-refractivity contribution in [2.24, 2.45) is 5.92 Å². The third kappa shape index (κ3) is 4.38. The van der Waals surface area contributed by atoms with E-state index in [9.17, 15) is 28.7 Å². The molecule has 2 atom stereocenters. The Labute approximate surface area is 245 Å². The van der Waals surface area contributed by atoms with E-state index in [2.05, 4.69) is 4.90 Å². The maximum absolute atomic E-state index is 15.9. The number of aromatic carboxylic acids is 1. The fraction of sp³-hybridized carbons (Fsp3) is 0.419. The molecule has 4 aliphatic rings. The monoisotopic (exact) mass is 592 g/mol. The van der Waals surface area contributed by atoms with Gasteiger partial charge in [0.1, 0.15) is 17.1 Å². The van der Waals surface area contributed by atoms with E-state index >= 15 is 4.39 Å². The smallest absolute Gasteiger partial charge is 0.341 e. The average Bonchev–Trinajstić information content (AvgIpc) is 3.69. The predicted molar refractivity (Wildman–Crippen MR) is 153 cm³/mol. The van der Waals surface area contributed by atoms with E-state index in [0.29, 0.717) is 30.8 Å². The summed E-state index contributed by atoms with van der Waals surface area (Å²) in [6.07, 6.45) is 4.84. The van der Waals surface area contributed by atoms with Crippen LogP contribution in [0.3, 0.4) is 0 Å². The first-order valence-corrected chi connectivity index (χ1v) is 14.5. The second-order valence-corrected chi connectivity index (χ2v) is 11.8.